The summed E-state index contributed by atoms with van der Waals surface area (Å²) in [4.78, 5) is 30.6. The molecule has 8 heteroatoms. The quantitative estimate of drug-likeness (QED) is 0.508. The van der Waals surface area contributed by atoms with Crippen molar-refractivity contribution in [2.75, 3.05) is 12.9 Å². The molecule has 0 aliphatic carbocycles. The van der Waals surface area contributed by atoms with Gasteiger partial charge in [0.05, 0.1) is 7.11 Å². The number of pyridine rings is 1. The van der Waals surface area contributed by atoms with Gasteiger partial charge in [-0.15, -0.1) is 11.8 Å². The normalized spacial score (nSPS) is 16.9. The van der Waals surface area contributed by atoms with E-state index in [0.29, 0.717) is 18.7 Å². The summed E-state index contributed by atoms with van der Waals surface area (Å²) in [6.45, 7) is 5.80. The second-order valence-electron chi connectivity index (χ2n) is 7.83. The fourth-order valence-electron chi connectivity index (χ4n) is 3.04. The van der Waals surface area contributed by atoms with Crippen LogP contribution in [-0.4, -0.2) is 40.4 Å². The summed E-state index contributed by atoms with van der Waals surface area (Å²) in [5.41, 5.74) is 1.26. The second-order valence-corrected chi connectivity index (χ2v) is 9.02. The van der Waals surface area contributed by atoms with Gasteiger partial charge in [0.25, 0.3) is 0 Å². The van der Waals surface area contributed by atoms with Gasteiger partial charge in [-0.3, -0.25) is 9.78 Å². The molecule has 1 aliphatic heterocycles. The minimum atomic E-state index is -0.796. The van der Waals surface area contributed by atoms with E-state index < -0.39 is 11.8 Å². The number of methoxy groups -OCH3 is 1. The zero-order valence-corrected chi connectivity index (χ0v) is 18.4. The number of hydrogen-bond donors (Lipinski definition) is 0. The molecule has 1 atom stereocenters. The molecule has 0 N–H and O–H groups in total. The molecule has 1 amide bonds. The Kier molecular flexibility index (Phi) is 6.87. The summed E-state index contributed by atoms with van der Waals surface area (Å²) >= 11 is 1.70. The molecule has 0 spiro atoms. The van der Waals surface area contributed by atoms with Gasteiger partial charge in [-0.1, -0.05) is 6.07 Å². The third-order valence-corrected chi connectivity index (χ3v) is 5.64. The van der Waals surface area contributed by atoms with Crippen LogP contribution < -0.4 is 9.47 Å². The number of amides is 1. The van der Waals surface area contributed by atoms with E-state index in [4.69, 9.17) is 14.2 Å². The Morgan fingerprint density at radius 1 is 1.20 bits per heavy atom. The van der Waals surface area contributed by atoms with Gasteiger partial charge in [0.15, 0.2) is 11.5 Å². The zero-order chi connectivity index (χ0) is 21.7. The first kappa shape index (κ1) is 22.0. The average molecular weight is 431 g/mol. The van der Waals surface area contributed by atoms with Crippen molar-refractivity contribution in [3.05, 3.63) is 53.9 Å². The van der Waals surface area contributed by atoms with Crippen molar-refractivity contribution in [2.45, 2.75) is 44.7 Å². The summed E-state index contributed by atoms with van der Waals surface area (Å²) in [6, 6.07) is 9.12. The van der Waals surface area contributed by atoms with E-state index >= 15 is 0 Å². The van der Waals surface area contributed by atoms with E-state index in [1.807, 2.05) is 23.1 Å². The lowest BCUT2D eigenvalue weighted by Gasteiger charge is -2.35. The minimum Gasteiger partial charge on any atom is -0.493 e. The topological polar surface area (TPSA) is 78.0 Å². The van der Waals surface area contributed by atoms with Gasteiger partial charge in [-0.2, -0.15) is 0 Å². The van der Waals surface area contributed by atoms with Crippen molar-refractivity contribution >= 4 is 23.8 Å². The lowest BCUT2D eigenvalue weighted by atomic mass is 10.1. The van der Waals surface area contributed by atoms with Crippen LogP contribution in [0.15, 0.2) is 42.7 Å². The number of benzene rings is 1. The van der Waals surface area contributed by atoms with Gasteiger partial charge in [0, 0.05) is 31.1 Å². The van der Waals surface area contributed by atoms with E-state index in [2.05, 4.69) is 4.98 Å². The van der Waals surface area contributed by atoms with Gasteiger partial charge in [0.2, 0.25) is 5.91 Å². The Balaban J connectivity index is 1.82. The van der Waals surface area contributed by atoms with Crippen LogP contribution in [0.5, 0.6) is 11.5 Å². The highest BCUT2D eigenvalue weighted by Crippen LogP contribution is 2.41. The number of aromatic nitrogens is 1. The highest BCUT2D eigenvalue weighted by Gasteiger charge is 2.31. The summed E-state index contributed by atoms with van der Waals surface area (Å²) in [5.74, 6) is 1.52. The predicted molar refractivity (Wildman–Crippen MR) is 114 cm³/mol. The third kappa shape index (κ3) is 5.66. The Morgan fingerprint density at radius 3 is 2.60 bits per heavy atom. The maximum atomic E-state index is 12.7. The molecule has 7 nitrogen and oxygen atoms in total. The first-order valence-corrected chi connectivity index (χ1v) is 10.7. The SMILES string of the molecule is COc1cc(C2SCCC(=O)N2Cc2ccncc2)ccc1OC(=O)OC(C)(C)C. The molecule has 1 aromatic heterocycles. The Bertz CT molecular complexity index is 898. The van der Waals surface area contributed by atoms with Gasteiger partial charge in [0.1, 0.15) is 11.0 Å². The Hall–Kier alpha value is -2.74. The molecule has 2 heterocycles. The smallest absolute Gasteiger partial charge is 0.493 e. The average Bonchev–Trinajstić information content (AvgIpc) is 2.69. The fourth-order valence-corrected chi connectivity index (χ4v) is 4.26. The van der Waals surface area contributed by atoms with Crippen molar-refractivity contribution in [1.82, 2.24) is 9.88 Å². The van der Waals surface area contributed by atoms with Crippen LogP contribution in [0.2, 0.25) is 0 Å². The summed E-state index contributed by atoms with van der Waals surface area (Å²) in [6.07, 6.45) is 3.15. The van der Waals surface area contributed by atoms with E-state index in [0.717, 1.165) is 16.9 Å². The number of rotatable bonds is 5. The first-order valence-electron chi connectivity index (χ1n) is 9.65. The zero-order valence-electron chi connectivity index (χ0n) is 17.6. The molecule has 2 aromatic rings. The number of carbonyl (C=O) groups is 2. The van der Waals surface area contributed by atoms with E-state index in [9.17, 15) is 9.59 Å². The molecule has 0 saturated carbocycles. The molecular weight excluding hydrogens is 404 g/mol. The van der Waals surface area contributed by atoms with Crippen molar-refractivity contribution < 1.29 is 23.8 Å². The number of hydrogen-bond acceptors (Lipinski definition) is 7. The van der Waals surface area contributed by atoms with Crippen LogP contribution in [0.25, 0.3) is 0 Å². The standard InChI is InChI=1S/C22H26N2O5S/c1-22(2,3)29-21(26)28-17-6-5-16(13-18(17)27-4)20-24(19(25)9-12-30-20)14-15-7-10-23-11-8-15/h5-8,10-11,13,20H,9,12,14H2,1-4H3. The summed E-state index contributed by atoms with van der Waals surface area (Å²) in [5, 5.41) is -0.163. The molecule has 3 rings (SSSR count). The van der Waals surface area contributed by atoms with E-state index in [1.165, 1.54) is 7.11 Å². The second kappa shape index (κ2) is 9.38. The summed E-state index contributed by atoms with van der Waals surface area (Å²) in [7, 11) is 1.51. The van der Waals surface area contributed by atoms with Gasteiger partial charge in [-0.25, -0.2) is 4.79 Å². The Labute approximate surface area is 180 Å². The Morgan fingerprint density at radius 2 is 1.93 bits per heavy atom. The first-order chi connectivity index (χ1) is 14.3. The van der Waals surface area contributed by atoms with Gasteiger partial charge >= 0.3 is 6.16 Å². The highest BCUT2D eigenvalue weighted by atomic mass is 32.2. The largest absolute Gasteiger partial charge is 0.514 e. The molecule has 1 unspecified atom stereocenters. The van der Waals surface area contributed by atoms with Gasteiger partial charge in [-0.05, 0) is 56.2 Å². The maximum Gasteiger partial charge on any atom is 0.514 e. The van der Waals surface area contributed by atoms with Crippen LogP contribution in [-0.2, 0) is 16.1 Å². The fraction of sp³-hybridized carbons (Fsp3) is 0.409. The number of thioether (sulfide) groups is 1. The molecule has 0 radical (unpaired) electrons. The van der Waals surface area contributed by atoms with Crippen LogP contribution in [0.3, 0.4) is 0 Å². The highest BCUT2D eigenvalue weighted by molar-refractivity contribution is 7.99. The molecule has 1 fully saturated rings. The number of ether oxygens (including phenoxy) is 3. The predicted octanol–water partition coefficient (Wildman–Crippen LogP) is 4.57. The van der Waals surface area contributed by atoms with Crippen LogP contribution >= 0.6 is 11.8 Å². The molecule has 1 aliphatic rings. The van der Waals surface area contributed by atoms with Crippen molar-refractivity contribution in [3.63, 3.8) is 0 Å². The summed E-state index contributed by atoms with van der Waals surface area (Å²) < 4.78 is 16.0. The molecule has 0 bridgehead atoms. The lowest BCUT2D eigenvalue weighted by molar-refractivity contribution is -0.132. The van der Waals surface area contributed by atoms with Crippen molar-refractivity contribution in [2.24, 2.45) is 0 Å². The molecule has 1 aromatic carbocycles. The molecular formula is C22H26N2O5S. The monoisotopic (exact) mass is 430 g/mol. The number of nitrogens with zero attached hydrogens (tertiary/aromatic N) is 2. The lowest BCUT2D eigenvalue weighted by Crippen LogP contribution is -2.36. The maximum absolute atomic E-state index is 12.7. The van der Waals surface area contributed by atoms with Gasteiger partial charge < -0.3 is 19.1 Å². The van der Waals surface area contributed by atoms with Crippen molar-refractivity contribution in [1.29, 1.82) is 0 Å². The van der Waals surface area contributed by atoms with Crippen LogP contribution in [0.1, 0.15) is 43.7 Å². The van der Waals surface area contributed by atoms with E-state index in [1.54, 1.807) is 57.1 Å². The van der Waals surface area contributed by atoms with Crippen molar-refractivity contribution in [3.8, 4) is 11.5 Å². The van der Waals surface area contributed by atoms with E-state index in [-0.39, 0.29) is 17.0 Å². The van der Waals surface area contributed by atoms with Crippen LogP contribution in [0.4, 0.5) is 4.79 Å². The third-order valence-electron chi connectivity index (χ3n) is 4.35. The molecule has 1 saturated heterocycles. The molecule has 160 valence electrons. The minimum absolute atomic E-state index is 0.101. The molecule has 30 heavy (non-hydrogen) atoms. The number of carbonyl (C=O) groups excluding carboxylic acids is 2. The van der Waals surface area contributed by atoms with Crippen LogP contribution in [0, 0.1) is 0 Å².